The van der Waals surface area contributed by atoms with E-state index in [0.29, 0.717) is 12.0 Å². The average molecular weight is 313 g/mol. The lowest BCUT2D eigenvalue weighted by Gasteiger charge is -2.27. The summed E-state index contributed by atoms with van der Waals surface area (Å²) in [5.74, 6) is 0.631. The monoisotopic (exact) mass is 312 g/mol. The zero-order valence-electron chi connectivity index (χ0n) is 14.4. The minimum absolute atomic E-state index is 0.0177. The number of likely N-dealkylation sites (N-methyl/N-ethyl adjacent to an activating group) is 1. The summed E-state index contributed by atoms with van der Waals surface area (Å²) in [4.78, 5) is 14.4. The second kappa shape index (κ2) is 7.46. The van der Waals surface area contributed by atoms with E-state index in [0.717, 1.165) is 29.9 Å². The fraction of sp³-hybridized carbons (Fsp3) is 0.706. The van der Waals surface area contributed by atoms with Crippen molar-refractivity contribution in [2.24, 2.45) is 5.92 Å². The van der Waals surface area contributed by atoms with Gasteiger partial charge in [-0.3, -0.25) is 4.79 Å². The number of alkyl halides is 1. The molecule has 1 heterocycles. The van der Waals surface area contributed by atoms with Gasteiger partial charge in [-0.15, -0.1) is 11.6 Å². The van der Waals surface area contributed by atoms with Crippen molar-refractivity contribution in [2.45, 2.75) is 52.5 Å². The van der Waals surface area contributed by atoms with Crippen LogP contribution in [0.5, 0.6) is 0 Å². The van der Waals surface area contributed by atoms with Crippen LogP contribution in [-0.2, 0) is 0 Å². The Balaban J connectivity index is 3.22. The minimum Gasteiger partial charge on any atom is -0.344 e. The quantitative estimate of drug-likeness (QED) is 0.560. The number of ketones is 1. The first kappa shape index (κ1) is 18.2. The summed E-state index contributed by atoms with van der Waals surface area (Å²) in [6.07, 6.45) is 1.10. The van der Waals surface area contributed by atoms with Crippen molar-refractivity contribution in [3.8, 4) is 0 Å². The summed E-state index contributed by atoms with van der Waals surface area (Å²) in [5.41, 5.74) is 2.95. The topological polar surface area (TPSA) is 25.2 Å². The van der Waals surface area contributed by atoms with E-state index in [1.54, 1.807) is 6.92 Å². The molecule has 3 nitrogen and oxygen atoms in total. The van der Waals surface area contributed by atoms with Gasteiger partial charge in [0, 0.05) is 29.5 Å². The van der Waals surface area contributed by atoms with E-state index in [4.69, 9.17) is 11.6 Å². The highest BCUT2D eigenvalue weighted by molar-refractivity contribution is 6.33. The van der Waals surface area contributed by atoms with Gasteiger partial charge in [0.15, 0.2) is 5.78 Å². The summed E-state index contributed by atoms with van der Waals surface area (Å²) in [5, 5.41) is -0.476. The van der Waals surface area contributed by atoms with Crippen molar-refractivity contribution < 1.29 is 4.79 Å². The zero-order valence-corrected chi connectivity index (χ0v) is 15.2. The van der Waals surface area contributed by atoms with Crippen LogP contribution in [0, 0.1) is 19.8 Å². The molecule has 0 spiro atoms. The molecule has 2 unspecified atom stereocenters. The normalized spacial score (nSPS) is 14.8. The van der Waals surface area contributed by atoms with E-state index in [-0.39, 0.29) is 5.78 Å². The molecule has 0 N–H and O–H groups in total. The molecule has 1 aromatic heterocycles. The molecule has 0 aliphatic carbocycles. The van der Waals surface area contributed by atoms with Crippen LogP contribution < -0.4 is 0 Å². The summed E-state index contributed by atoms with van der Waals surface area (Å²) in [6, 6.07) is 2.37. The van der Waals surface area contributed by atoms with Crippen molar-refractivity contribution in [1.82, 2.24) is 9.47 Å². The Morgan fingerprint density at radius 2 is 1.86 bits per heavy atom. The van der Waals surface area contributed by atoms with Crippen molar-refractivity contribution in [3.05, 3.63) is 23.0 Å². The number of rotatable bonds is 7. The number of aryl methyl sites for hydroxylation is 1. The van der Waals surface area contributed by atoms with E-state index < -0.39 is 5.38 Å². The lowest BCUT2D eigenvalue weighted by atomic mass is 10.0. The lowest BCUT2D eigenvalue weighted by Crippen LogP contribution is -2.27. The van der Waals surface area contributed by atoms with Gasteiger partial charge in [-0.1, -0.05) is 13.8 Å². The summed E-state index contributed by atoms with van der Waals surface area (Å²) in [7, 11) is 4.18. The van der Waals surface area contributed by atoms with Crippen LogP contribution in [0.2, 0.25) is 0 Å². The van der Waals surface area contributed by atoms with Crippen LogP contribution in [0.4, 0.5) is 0 Å². The first-order chi connectivity index (χ1) is 9.65. The number of hydrogen-bond donors (Lipinski definition) is 0. The number of carbonyl (C=O) groups is 1. The number of carbonyl (C=O) groups excluding carboxylic acids is 1. The van der Waals surface area contributed by atoms with Crippen molar-refractivity contribution in [2.75, 3.05) is 20.6 Å². The van der Waals surface area contributed by atoms with Crippen LogP contribution >= 0.6 is 11.6 Å². The molecular weight excluding hydrogens is 284 g/mol. The molecule has 0 fully saturated rings. The smallest absolute Gasteiger partial charge is 0.182 e. The Morgan fingerprint density at radius 3 is 2.29 bits per heavy atom. The van der Waals surface area contributed by atoms with Gasteiger partial charge in [0.2, 0.25) is 0 Å². The van der Waals surface area contributed by atoms with E-state index in [1.165, 1.54) is 0 Å². The van der Waals surface area contributed by atoms with Gasteiger partial charge in [-0.25, -0.2) is 0 Å². The Bertz CT molecular complexity index is 479. The molecule has 0 saturated heterocycles. The molecule has 0 aliphatic rings. The fourth-order valence-corrected chi connectivity index (χ4v) is 3.15. The van der Waals surface area contributed by atoms with Gasteiger partial charge < -0.3 is 9.47 Å². The van der Waals surface area contributed by atoms with Gasteiger partial charge in [-0.2, -0.15) is 0 Å². The Kier molecular flexibility index (Phi) is 6.48. The molecule has 21 heavy (non-hydrogen) atoms. The van der Waals surface area contributed by atoms with E-state index in [9.17, 15) is 4.79 Å². The second-order valence-electron chi connectivity index (χ2n) is 6.68. The van der Waals surface area contributed by atoms with Crippen molar-refractivity contribution in [3.63, 3.8) is 0 Å². The van der Waals surface area contributed by atoms with Crippen molar-refractivity contribution in [1.29, 1.82) is 0 Å². The van der Waals surface area contributed by atoms with E-state index in [2.05, 4.69) is 44.3 Å². The number of hydrogen-bond acceptors (Lipinski definition) is 2. The Hall–Kier alpha value is -0.800. The van der Waals surface area contributed by atoms with Crippen LogP contribution in [0.3, 0.4) is 0 Å². The molecular formula is C17H29ClN2O. The third-order valence-electron chi connectivity index (χ3n) is 3.80. The first-order valence-electron chi connectivity index (χ1n) is 7.66. The Morgan fingerprint density at radius 1 is 1.29 bits per heavy atom. The van der Waals surface area contributed by atoms with Crippen LogP contribution in [0.25, 0.3) is 0 Å². The maximum Gasteiger partial charge on any atom is 0.182 e. The highest BCUT2D eigenvalue weighted by atomic mass is 35.5. The molecule has 0 saturated carbocycles. The summed E-state index contributed by atoms with van der Waals surface area (Å²) >= 11 is 5.98. The van der Waals surface area contributed by atoms with E-state index in [1.807, 2.05) is 13.0 Å². The molecule has 2 atom stereocenters. The largest absolute Gasteiger partial charge is 0.344 e. The number of halogens is 1. The van der Waals surface area contributed by atoms with Gasteiger partial charge in [0.1, 0.15) is 0 Å². The summed E-state index contributed by atoms with van der Waals surface area (Å²) in [6.45, 7) is 11.3. The van der Waals surface area contributed by atoms with Crippen LogP contribution in [-0.4, -0.2) is 41.3 Å². The van der Waals surface area contributed by atoms with Gasteiger partial charge in [0.25, 0.3) is 0 Å². The summed E-state index contributed by atoms with van der Waals surface area (Å²) < 4.78 is 2.31. The van der Waals surface area contributed by atoms with Crippen molar-refractivity contribution >= 4 is 17.4 Å². The molecule has 0 aliphatic heterocycles. The first-order valence-corrected chi connectivity index (χ1v) is 8.10. The fourth-order valence-electron chi connectivity index (χ4n) is 3.03. The average Bonchev–Trinajstić information content (AvgIpc) is 2.61. The third kappa shape index (κ3) is 4.58. The number of nitrogens with zero attached hydrogens (tertiary/aromatic N) is 2. The van der Waals surface area contributed by atoms with Gasteiger partial charge >= 0.3 is 0 Å². The zero-order chi connectivity index (χ0) is 16.3. The van der Waals surface area contributed by atoms with E-state index >= 15 is 0 Å². The molecule has 0 amide bonds. The molecule has 120 valence electrons. The van der Waals surface area contributed by atoms with Gasteiger partial charge in [0.05, 0.1) is 5.38 Å². The molecule has 0 bridgehead atoms. The molecule has 1 aromatic rings. The maximum atomic E-state index is 12.2. The molecule has 4 heteroatoms. The third-order valence-corrected chi connectivity index (χ3v) is 3.99. The predicted molar refractivity (Wildman–Crippen MR) is 90.6 cm³/mol. The SMILES string of the molecule is Cc1cc(C(=O)C(C)Cl)c(C)n1C(CC(C)C)CN(C)C. The highest BCUT2D eigenvalue weighted by Gasteiger charge is 2.23. The lowest BCUT2D eigenvalue weighted by molar-refractivity contribution is 0.0991. The number of Topliss-reactive ketones (excluding diaryl/α,β-unsaturated/α-hetero) is 1. The number of aromatic nitrogens is 1. The van der Waals surface area contributed by atoms with Crippen LogP contribution in [0.1, 0.15) is 55.0 Å². The van der Waals surface area contributed by atoms with Crippen LogP contribution in [0.15, 0.2) is 6.07 Å². The predicted octanol–water partition coefficient (Wildman–Crippen LogP) is 4.06. The standard InChI is InChI=1S/C17H29ClN2O/c1-11(2)8-15(10-19(6)7)20-12(3)9-16(14(20)5)17(21)13(4)18/h9,11,13,15H,8,10H2,1-7H3. The van der Waals surface area contributed by atoms with Gasteiger partial charge in [-0.05, 0) is 53.3 Å². The molecule has 0 radical (unpaired) electrons. The highest BCUT2D eigenvalue weighted by Crippen LogP contribution is 2.27. The molecule has 1 rings (SSSR count). The Labute approximate surface area is 134 Å². The molecule has 0 aromatic carbocycles. The minimum atomic E-state index is -0.476. The maximum absolute atomic E-state index is 12.2. The second-order valence-corrected chi connectivity index (χ2v) is 7.34.